The molecule has 0 aliphatic heterocycles. The predicted molar refractivity (Wildman–Crippen MR) is 69.3 cm³/mol. The van der Waals surface area contributed by atoms with Crippen LogP contribution < -0.4 is 11.2 Å². The Balaban J connectivity index is 2.93. The highest BCUT2D eigenvalue weighted by molar-refractivity contribution is 6.30. The topological polar surface area (TPSA) is 98.0 Å². The third-order valence-electron chi connectivity index (χ3n) is 2.61. The van der Waals surface area contributed by atoms with Gasteiger partial charge in [-0.3, -0.25) is 24.5 Å². The number of nitrogens with one attached hydrogen (secondary N) is 1. The monoisotopic (exact) mass is 335 g/mol. The average Bonchev–Trinajstić information content (AvgIpc) is 2.37. The number of nitro groups is 1. The Morgan fingerprint density at radius 2 is 1.86 bits per heavy atom. The highest BCUT2D eigenvalue weighted by Crippen LogP contribution is 2.32. The van der Waals surface area contributed by atoms with Crippen molar-refractivity contribution in [2.45, 2.75) is 6.18 Å². The van der Waals surface area contributed by atoms with Gasteiger partial charge in [-0.2, -0.15) is 13.2 Å². The van der Waals surface area contributed by atoms with Gasteiger partial charge in [0.25, 0.3) is 11.2 Å². The molecule has 1 aromatic carbocycles. The zero-order chi connectivity index (χ0) is 16.7. The van der Waals surface area contributed by atoms with Crippen molar-refractivity contribution in [2.75, 3.05) is 0 Å². The second-order valence-electron chi connectivity index (χ2n) is 4.05. The Bertz CT molecular complexity index is 872. The number of nitro benzene ring substituents is 1. The highest BCUT2D eigenvalue weighted by atomic mass is 35.5. The lowest BCUT2D eigenvalue weighted by Gasteiger charge is -2.14. The molecular weight excluding hydrogens is 331 g/mol. The van der Waals surface area contributed by atoms with Crippen molar-refractivity contribution < 1.29 is 18.1 Å². The van der Waals surface area contributed by atoms with E-state index in [2.05, 4.69) is 0 Å². The molecule has 0 saturated carbocycles. The normalized spacial score (nSPS) is 11.5. The summed E-state index contributed by atoms with van der Waals surface area (Å²) in [6.07, 6.45) is -5.07. The van der Waals surface area contributed by atoms with Crippen LogP contribution in [0, 0.1) is 10.1 Å². The maximum atomic E-state index is 13.0. The van der Waals surface area contributed by atoms with Crippen molar-refractivity contribution >= 4 is 17.3 Å². The molecule has 116 valence electrons. The molecule has 0 bridgehead atoms. The Kier molecular flexibility index (Phi) is 3.79. The maximum Gasteiger partial charge on any atom is 0.432 e. The third kappa shape index (κ3) is 2.86. The molecule has 1 N–H and O–H groups in total. The van der Waals surface area contributed by atoms with E-state index in [4.69, 9.17) is 11.6 Å². The molecule has 0 spiro atoms. The number of hydrogen-bond donors (Lipinski definition) is 1. The summed E-state index contributed by atoms with van der Waals surface area (Å²) < 4.78 is 39.0. The first kappa shape index (κ1) is 15.8. The number of rotatable bonds is 2. The number of alkyl halides is 3. The summed E-state index contributed by atoms with van der Waals surface area (Å²) >= 11 is 5.57. The summed E-state index contributed by atoms with van der Waals surface area (Å²) in [4.78, 5) is 34.4. The molecule has 0 saturated heterocycles. The van der Waals surface area contributed by atoms with E-state index in [1.54, 1.807) is 4.98 Å². The zero-order valence-electron chi connectivity index (χ0n) is 10.3. The van der Waals surface area contributed by atoms with Crippen LogP contribution in [0.4, 0.5) is 18.9 Å². The van der Waals surface area contributed by atoms with Crippen molar-refractivity contribution in [3.63, 3.8) is 0 Å². The van der Waals surface area contributed by atoms with E-state index >= 15 is 0 Å². The van der Waals surface area contributed by atoms with E-state index in [1.807, 2.05) is 0 Å². The Morgan fingerprint density at radius 1 is 1.23 bits per heavy atom. The predicted octanol–water partition coefficient (Wildman–Crippen LogP) is 2.11. The largest absolute Gasteiger partial charge is 0.432 e. The fourth-order valence-corrected chi connectivity index (χ4v) is 1.94. The number of nitrogens with zero attached hydrogens (tertiary/aromatic N) is 2. The van der Waals surface area contributed by atoms with Crippen LogP contribution in [0.25, 0.3) is 5.69 Å². The van der Waals surface area contributed by atoms with Crippen molar-refractivity contribution in [1.82, 2.24) is 9.55 Å². The molecule has 0 radical (unpaired) electrons. The van der Waals surface area contributed by atoms with Gasteiger partial charge >= 0.3 is 11.9 Å². The lowest BCUT2D eigenvalue weighted by atomic mass is 10.2. The van der Waals surface area contributed by atoms with Gasteiger partial charge in [0.2, 0.25) is 0 Å². The van der Waals surface area contributed by atoms with Gasteiger partial charge < -0.3 is 0 Å². The first-order valence-electron chi connectivity index (χ1n) is 5.49. The molecule has 0 aliphatic carbocycles. The molecule has 0 amide bonds. The first-order valence-corrected chi connectivity index (χ1v) is 5.87. The number of aromatic nitrogens is 2. The summed E-state index contributed by atoms with van der Waals surface area (Å²) in [6.45, 7) is 0. The number of aromatic amines is 1. The molecule has 11 heteroatoms. The minimum Gasteiger partial charge on any atom is -0.274 e. The zero-order valence-corrected chi connectivity index (χ0v) is 11.1. The van der Waals surface area contributed by atoms with E-state index in [-0.39, 0.29) is 15.7 Å². The Labute approximate surface area is 123 Å². The standard InChI is InChI=1S/C11H5ClF3N3O4/c12-5-1-2-6(7(3-5)18(21)22)17-8(11(13,14)15)4-9(19)16-10(17)20/h1-4H,(H,16,19,20). The number of halogens is 4. The SMILES string of the molecule is O=c1cc(C(F)(F)F)n(-c2ccc(Cl)cc2[N+](=O)[O-])c(=O)[nH]1. The van der Waals surface area contributed by atoms with Crippen LogP contribution in [0.3, 0.4) is 0 Å². The Hall–Kier alpha value is -2.62. The summed E-state index contributed by atoms with van der Waals surface area (Å²) in [5.74, 6) is 0. The van der Waals surface area contributed by atoms with Crippen LogP contribution in [0.2, 0.25) is 5.02 Å². The van der Waals surface area contributed by atoms with Gasteiger partial charge in [0.1, 0.15) is 11.4 Å². The van der Waals surface area contributed by atoms with Gasteiger partial charge in [0.05, 0.1) is 4.92 Å². The summed E-state index contributed by atoms with van der Waals surface area (Å²) in [7, 11) is 0. The van der Waals surface area contributed by atoms with E-state index in [9.17, 15) is 32.9 Å². The quantitative estimate of drug-likeness (QED) is 0.671. The molecule has 2 rings (SSSR count). The second kappa shape index (κ2) is 5.30. The van der Waals surface area contributed by atoms with Crippen LogP contribution in [0.15, 0.2) is 33.9 Å². The third-order valence-corrected chi connectivity index (χ3v) is 2.84. The van der Waals surface area contributed by atoms with Crippen LogP contribution in [0.5, 0.6) is 0 Å². The minimum atomic E-state index is -5.07. The average molecular weight is 336 g/mol. The molecule has 0 atom stereocenters. The van der Waals surface area contributed by atoms with E-state index in [1.165, 1.54) is 0 Å². The van der Waals surface area contributed by atoms with Crippen LogP contribution >= 0.6 is 11.6 Å². The van der Waals surface area contributed by atoms with Crippen molar-refractivity contribution in [1.29, 1.82) is 0 Å². The van der Waals surface area contributed by atoms with E-state index in [0.29, 0.717) is 0 Å². The molecule has 1 aromatic heterocycles. The van der Waals surface area contributed by atoms with Crippen molar-refractivity contribution in [3.8, 4) is 5.69 Å². The molecule has 2 aromatic rings. The molecule has 0 unspecified atom stereocenters. The van der Waals surface area contributed by atoms with Crippen LogP contribution in [-0.4, -0.2) is 14.5 Å². The summed E-state index contributed by atoms with van der Waals surface area (Å²) in [6, 6.07) is 2.91. The lowest BCUT2D eigenvalue weighted by molar-refractivity contribution is -0.384. The molecule has 0 fully saturated rings. The minimum absolute atomic E-state index is 0.00978. The van der Waals surface area contributed by atoms with Crippen LogP contribution in [0.1, 0.15) is 5.69 Å². The number of benzene rings is 1. The maximum absolute atomic E-state index is 13.0. The number of H-pyrrole nitrogens is 1. The fraction of sp³-hybridized carbons (Fsp3) is 0.0909. The van der Waals surface area contributed by atoms with Gasteiger partial charge in [0, 0.05) is 17.2 Å². The van der Waals surface area contributed by atoms with Crippen molar-refractivity contribution in [2.24, 2.45) is 0 Å². The molecule has 7 nitrogen and oxygen atoms in total. The van der Waals surface area contributed by atoms with E-state index in [0.717, 1.165) is 18.2 Å². The smallest absolute Gasteiger partial charge is 0.274 e. The van der Waals surface area contributed by atoms with Gasteiger partial charge in [0.15, 0.2) is 0 Å². The van der Waals surface area contributed by atoms with Gasteiger partial charge in [-0.1, -0.05) is 11.6 Å². The molecule has 0 aliphatic rings. The lowest BCUT2D eigenvalue weighted by Crippen LogP contribution is -2.34. The van der Waals surface area contributed by atoms with Gasteiger partial charge in [-0.25, -0.2) is 4.79 Å². The second-order valence-corrected chi connectivity index (χ2v) is 4.48. The first-order chi connectivity index (χ1) is 10.1. The summed E-state index contributed by atoms with van der Waals surface area (Å²) in [5.41, 5.74) is -5.84. The van der Waals surface area contributed by atoms with E-state index < -0.39 is 39.4 Å². The molecule has 22 heavy (non-hydrogen) atoms. The molecule has 1 heterocycles. The summed E-state index contributed by atoms with van der Waals surface area (Å²) in [5, 5.41) is 10.9. The van der Waals surface area contributed by atoms with Gasteiger partial charge in [-0.15, -0.1) is 0 Å². The fourth-order valence-electron chi connectivity index (χ4n) is 1.78. The van der Waals surface area contributed by atoms with Gasteiger partial charge in [-0.05, 0) is 12.1 Å². The molecular formula is C11H5ClF3N3O4. The Morgan fingerprint density at radius 3 is 2.41 bits per heavy atom. The number of hydrogen-bond acceptors (Lipinski definition) is 4. The van der Waals surface area contributed by atoms with Crippen LogP contribution in [-0.2, 0) is 6.18 Å². The van der Waals surface area contributed by atoms with Crippen molar-refractivity contribution in [3.05, 3.63) is 65.9 Å². The highest BCUT2D eigenvalue weighted by Gasteiger charge is 2.37.